The fourth-order valence-electron chi connectivity index (χ4n) is 3.41. The molecule has 1 fully saturated rings. The van der Waals surface area contributed by atoms with Gasteiger partial charge in [-0.2, -0.15) is 0 Å². The van der Waals surface area contributed by atoms with Crippen LogP contribution in [-0.2, 0) is 11.2 Å². The van der Waals surface area contributed by atoms with E-state index in [2.05, 4.69) is 0 Å². The van der Waals surface area contributed by atoms with Gasteiger partial charge in [-0.25, -0.2) is 0 Å². The second kappa shape index (κ2) is 8.92. The van der Waals surface area contributed by atoms with E-state index in [1.807, 2.05) is 48.5 Å². The molecule has 6 nitrogen and oxygen atoms in total. The Hall–Kier alpha value is -2.12. The molecule has 2 aromatic carbocycles. The SMILES string of the molecule is COc1ccc(Cc2ccccc2O[C@@H]2O[C@H]([C@H](C)O)[C@@H](O)[C@H](C)[C@H]2O)cc1. The van der Waals surface area contributed by atoms with Crippen LogP contribution in [0.4, 0.5) is 0 Å². The number of hydrogen-bond donors (Lipinski definition) is 3. The highest BCUT2D eigenvalue weighted by atomic mass is 16.7. The summed E-state index contributed by atoms with van der Waals surface area (Å²) in [7, 11) is 1.63. The lowest BCUT2D eigenvalue weighted by Crippen LogP contribution is -2.58. The van der Waals surface area contributed by atoms with Crippen molar-refractivity contribution in [3.63, 3.8) is 0 Å². The van der Waals surface area contributed by atoms with Crippen LogP contribution >= 0.6 is 0 Å². The summed E-state index contributed by atoms with van der Waals surface area (Å²) >= 11 is 0. The number of aliphatic hydroxyl groups is 3. The summed E-state index contributed by atoms with van der Waals surface area (Å²) in [6, 6.07) is 15.3. The standard InChI is InChI=1S/C22H28O6/c1-13-19(24)21(14(2)23)28-22(20(13)25)27-18-7-5-4-6-16(18)12-15-8-10-17(26-3)11-9-15/h4-11,13-14,19-25H,12H2,1-3H3/t13-,14-,19-,20+,21+,22+/m0/s1. The van der Waals surface area contributed by atoms with Crippen LogP contribution in [0.1, 0.15) is 25.0 Å². The Bertz CT molecular complexity index is 760. The van der Waals surface area contributed by atoms with Crippen molar-refractivity contribution in [2.75, 3.05) is 7.11 Å². The molecular weight excluding hydrogens is 360 g/mol. The monoisotopic (exact) mass is 388 g/mol. The number of methoxy groups -OCH3 is 1. The van der Waals surface area contributed by atoms with Gasteiger partial charge in [0.15, 0.2) is 0 Å². The maximum absolute atomic E-state index is 10.5. The number of ether oxygens (including phenoxy) is 3. The zero-order valence-electron chi connectivity index (χ0n) is 16.4. The van der Waals surface area contributed by atoms with Crippen LogP contribution < -0.4 is 9.47 Å². The van der Waals surface area contributed by atoms with Crippen molar-refractivity contribution in [1.82, 2.24) is 0 Å². The van der Waals surface area contributed by atoms with Crippen molar-refractivity contribution in [3.05, 3.63) is 59.7 Å². The van der Waals surface area contributed by atoms with E-state index in [4.69, 9.17) is 14.2 Å². The molecule has 0 amide bonds. The molecule has 0 aromatic heterocycles. The fraction of sp³-hybridized carbons (Fsp3) is 0.455. The first-order valence-corrected chi connectivity index (χ1v) is 9.48. The van der Waals surface area contributed by atoms with Crippen LogP contribution in [0, 0.1) is 5.92 Å². The van der Waals surface area contributed by atoms with Gasteiger partial charge < -0.3 is 29.5 Å². The quantitative estimate of drug-likeness (QED) is 0.703. The normalized spacial score (nSPS) is 28.6. The molecule has 0 radical (unpaired) electrons. The molecule has 3 rings (SSSR count). The number of benzene rings is 2. The Balaban J connectivity index is 1.78. The van der Waals surface area contributed by atoms with Crippen LogP contribution in [0.3, 0.4) is 0 Å². The number of aliphatic hydroxyl groups excluding tert-OH is 3. The Kier molecular flexibility index (Phi) is 6.57. The van der Waals surface area contributed by atoms with Gasteiger partial charge in [0.05, 0.1) is 19.3 Å². The summed E-state index contributed by atoms with van der Waals surface area (Å²) < 4.78 is 16.9. The molecule has 0 aliphatic carbocycles. The minimum atomic E-state index is -1.01. The highest BCUT2D eigenvalue weighted by molar-refractivity contribution is 5.39. The summed E-state index contributed by atoms with van der Waals surface area (Å²) in [6.45, 7) is 3.26. The summed E-state index contributed by atoms with van der Waals surface area (Å²) in [6.07, 6.45) is -4.03. The van der Waals surface area contributed by atoms with Crippen molar-refractivity contribution < 1.29 is 29.5 Å². The van der Waals surface area contributed by atoms with Gasteiger partial charge in [-0.15, -0.1) is 0 Å². The van der Waals surface area contributed by atoms with E-state index in [0.717, 1.165) is 16.9 Å². The molecule has 0 spiro atoms. The first kappa shape index (κ1) is 20.6. The first-order chi connectivity index (χ1) is 13.4. The third-order valence-corrected chi connectivity index (χ3v) is 5.23. The summed E-state index contributed by atoms with van der Waals surface area (Å²) in [5.41, 5.74) is 2.03. The zero-order valence-corrected chi connectivity index (χ0v) is 16.4. The summed E-state index contributed by atoms with van der Waals surface area (Å²) in [5, 5.41) is 30.6. The van der Waals surface area contributed by atoms with Gasteiger partial charge in [0.1, 0.15) is 23.7 Å². The van der Waals surface area contributed by atoms with E-state index in [1.54, 1.807) is 21.0 Å². The van der Waals surface area contributed by atoms with E-state index < -0.39 is 36.6 Å². The second-order valence-corrected chi connectivity index (χ2v) is 7.30. The van der Waals surface area contributed by atoms with E-state index in [9.17, 15) is 15.3 Å². The van der Waals surface area contributed by atoms with Gasteiger partial charge >= 0.3 is 0 Å². The van der Waals surface area contributed by atoms with Crippen LogP contribution in [0.25, 0.3) is 0 Å². The summed E-state index contributed by atoms with van der Waals surface area (Å²) in [4.78, 5) is 0. The largest absolute Gasteiger partial charge is 0.497 e. The van der Waals surface area contributed by atoms with Crippen LogP contribution in [0.2, 0.25) is 0 Å². The molecule has 152 valence electrons. The first-order valence-electron chi connectivity index (χ1n) is 9.48. The van der Waals surface area contributed by atoms with Crippen LogP contribution in [0.15, 0.2) is 48.5 Å². The van der Waals surface area contributed by atoms with E-state index >= 15 is 0 Å². The lowest BCUT2D eigenvalue weighted by molar-refractivity contribution is -0.271. The Morgan fingerprint density at radius 1 is 1.04 bits per heavy atom. The zero-order chi connectivity index (χ0) is 20.3. The molecule has 1 aliphatic heterocycles. The minimum absolute atomic E-state index is 0.493. The predicted molar refractivity (Wildman–Crippen MR) is 104 cm³/mol. The molecule has 1 aliphatic rings. The van der Waals surface area contributed by atoms with Gasteiger partial charge in [0, 0.05) is 12.3 Å². The third-order valence-electron chi connectivity index (χ3n) is 5.23. The molecule has 6 heteroatoms. The number of hydrogen-bond acceptors (Lipinski definition) is 6. The second-order valence-electron chi connectivity index (χ2n) is 7.30. The molecule has 28 heavy (non-hydrogen) atoms. The van der Waals surface area contributed by atoms with Crippen molar-refractivity contribution in [2.45, 2.75) is 51.0 Å². The number of para-hydroxylation sites is 1. The number of rotatable bonds is 6. The van der Waals surface area contributed by atoms with E-state index in [0.29, 0.717) is 12.2 Å². The molecule has 1 saturated heterocycles. The maximum Gasteiger partial charge on any atom is 0.226 e. The van der Waals surface area contributed by atoms with Gasteiger partial charge in [0.2, 0.25) is 6.29 Å². The molecule has 0 saturated carbocycles. The van der Waals surface area contributed by atoms with Crippen molar-refractivity contribution in [3.8, 4) is 11.5 Å². The molecule has 0 bridgehead atoms. The lowest BCUT2D eigenvalue weighted by atomic mass is 9.88. The van der Waals surface area contributed by atoms with Gasteiger partial charge in [-0.05, 0) is 36.2 Å². The molecule has 2 aromatic rings. The highest BCUT2D eigenvalue weighted by Gasteiger charge is 2.45. The highest BCUT2D eigenvalue weighted by Crippen LogP contribution is 2.31. The molecule has 3 N–H and O–H groups in total. The average molecular weight is 388 g/mol. The molecule has 1 heterocycles. The van der Waals surface area contributed by atoms with Crippen molar-refractivity contribution >= 4 is 0 Å². The fourth-order valence-corrected chi connectivity index (χ4v) is 3.41. The lowest BCUT2D eigenvalue weighted by Gasteiger charge is -2.42. The molecule has 6 atom stereocenters. The van der Waals surface area contributed by atoms with Gasteiger partial charge in [-0.3, -0.25) is 0 Å². The predicted octanol–water partition coefficient (Wildman–Crippen LogP) is 2.13. The Morgan fingerprint density at radius 2 is 1.71 bits per heavy atom. The Morgan fingerprint density at radius 3 is 2.36 bits per heavy atom. The van der Waals surface area contributed by atoms with Gasteiger partial charge in [0.25, 0.3) is 0 Å². The van der Waals surface area contributed by atoms with Crippen LogP contribution in [-0.4, -0.2) is 53.1 Å². The van der Waals surface area contributed by atoms with Gasteiger partial charge in [-0.1, -0.05) is 37.3 Å². The van der Waals surface area contributed by atoms with E-state index in [-0.39, 0.29) is 0 Å². The van der Waals surface area contributed by atoms with Crippen molar-refractivity contribution in [2.24, 2.45) is 5.92 Å². The van der Waals surface area contributed by atoms with Crippen LogP contribution in [0.5, 0.6) is 11.5 Å². The topological polar surface area (TPSA) is 88.4 Å². The summed E-state index contributed by atoms with van der Waals surface area (Å²) in [5.74, 6) is 0.895. The third kappa shape index (κ3) is 4.47. The molecular formula is C22H28O6. The Labute approximate surface area is 165 Å². The smallest absolute Gasteiger partial charge is 0.226 e. The average Bonchev–Trinajstić information content (AvgIpc) is 2.70. The molecule has 0 unspecified atom stereocenters. The minimum Gasteiger partial charge on any atom is -0.497 e. The van der Waals surface area contributed by atoms with Crippen molar-refractivity contribution in [1.29, 1.82) is 0 Å². The van der Waals surface area contributed by atoms with E-state index in [1.165, 1.54) is 0 Å². The maximum atomic E-state index is 10.5.